The monoisotopic (exact) mass is 233 g/mol. The van der Waals surface area contributed by atoms with Crippen LogP contribution >= 0.6 is 12.6 Å². The van der Waals surface area contributed by atoms with E-state index in [0.717, 1.165) is 19.4 Å². The number of thiol groups is 1. The van der Waals surface area contributed by atoms with Gasteiger partial charge in [-0.15, -0.1) is 0 Å². The largest absolute Gasteiger partial charge is 0.395 e. The van der Waals surface area contributed by atoms with E-state index in [1.165, 1.54) is 0 Å². The number of unbranched alkanes of at least 4 members (excludes halogenated alkanes) is 1. The first-order valence-electron chi connectivity index (χ1n) is 5.62. The van der Waals surface area contributed by atoms with Gasteiger partial charge in [0.25, 0.3) is 0 Å². The molecule has 15 heavy (non-hydrogen) atoms. The third-order valence-electron chi connectivity index (χ3n) is 2.35. The van der Waals surface area contributed by atoms with Crippen LogP contribution in [-0.4, -0.2) is 40.9 Å². The van der Waals surface area contributed by atoms with Crippen LogP contribution < -0.4 is 0 Å². The minimum absolute atomic E-state index is 0.0219. The minimum atomic E-state index is -0.256. The van der Waals surface area contributed by atoms with E-state index in [1.807, 2.05) is 13.8 Å². The molecule has 0 aromatic rings. The van der Waals surface area contributed by atoms with Crippen molar-refractivity contribution in [3.8, 4) is 0 Å². The van der Waals surface area contributed by atoms with Crippen molar-refractivity contribution in [2.24, 2.45) is 5.92 Å². The lowest BCUT2D eigenvalue weighted by Crippen LogP contribution is -2.41. The van der Waals surface area contributed by atoms with Crippen molar-refractivity contribution in [3.05, 3.63) is 0 Å². The first kappa shape index (κ1) is 14.8. The number of hydrogen-bond donors (Lipinski definition) is 2. The maximum atomic E-state index is 11.9. The van der Waals surface area contributed by atoms with E-state index in [1.54, 1.807) is 4.90 Å². The summed E-state index contributed by atoms with van der Waals surface area (Å²) in [6.45, 7) is 7.21. The third kappa shape index (κ3) is 5.42. The Kier molecular flexibility index (Phi) is 7.88. The molecular weight excluding hydrogens is 210 g/mol. The number of amides is 1. The molecule has 3 nitrogen and oxygen atoms in total. The second-order valence-corrected chi connectivity index (χ2v) is 4.65. The molecule has 0 radical (unpaired) electrons. The number of carbonyl (C=O) groups excluding carboxylic acids is 1. The summed E-state index contributed by atoms with van der Waals surface area (Å²) in [5, 5.41) is 8.63. The molecule has 0 aliphatic rings. The average Bonchev–Trinajstić information content (AvgIpc) is 2.22. The predicted octanol–water partition coefficient (Wildman–Crippen LogP) is 1.56. The summed E-state index contributed by atoms with van der Waals surface area (Å²) in [6.07, 6.45) is 2.03. The molecule has 90 valence electrons. The molecule has 1 N–H and O–H groups in total. The quantitative estimate of drug-likeness (QED) is 0.655. The minimum Gasteiger partial charge on any atom is -0.395 e. The van der Waals surface area contributed by atoms with Crippen molar-refractivity contribution in [2.75, 3.05) is 19.7 Å². The van der Waals surface area contributed by atoms with Gasteiger partial charge in [-0.3, -0.25) is 4.79 Å². The number of aliphatic hydroxyl groups excluding tert-OH is 1. The Labute approximate surface area is 98.3 Å². The first-order valence-corrected chi connectivity index (χ1v) is 6.13. The van der Waals surface area contributed by atoms with Crippen molar-refractivity contribution in [1.82, 2.24) is 4.90 Å². The summed E-state index contributed by atoms with van der Waals surface area (Å²) in [6, 6.07) is 0. The highest BCUT2D eigenvalue weighted by Crippen LogP contribution is 2.12. The molecular formula is C11H23NO2S. The van der Waals surface area contributed by atoms with E-state index in [0.29, 0.717) is 6.54 Å². The zero-order chi connectivity index (χ0) is 11.8. The van der Waals surface area contributed by atoms with E-state index >= 15 is 0 Å². The van der Waals surface area contributed by atoms with Gasteiger partial charge >= 0.3 is 0 Å². The molecule has 1 unspecified atom stereocenters. The SMILES string of the molecule is CCCCN(CCO)C(=O)C(S)C(C)C. The van der Waals surface area contributed by atoms with Gasteiger partial charge in [-0.1, -0.05) is 27.2 Å². The van der Waals surface area contributed by atoms with Gasteiger partial charge in [0.15, 0.2) is 0 Å². The van der Waals surface area contributed by atoms with Gasteiger partial charge in [0.2, 0.25) is 5.91 Å². The maximum absolute atomic E-state index is 11.9. The first-order chi connectivity index (χ1) is 7.04. The van der Waals surface area contributed by atoms with Gasteiger partial charge in [0.1, 0.15) is 0 Å². The maximum Gasteiger partial charge on any atom is 0.235 e. The molecule has 4 heteroatoms. The topological polar surface area (TPSA) is 40.5 Å². The summed E-state index contributed by atoms with van der Waals surface area (Å²) in [4.78, 5) is 13.6. The predicted molar refractivity (Wildman–Crippen MR) is 66.2 cm³/mol. The van der Waals surface area contributed by atoms with Gasteiger partial charge in [0.05, 0.1) is 11.9 Å². The van der Waals surface area contributed by atoms with Crippen LogP contribution in [0.3, 0.4) is 0 Å². The van der Waals surface area contributed by atoms with Gasteiger partial charge in [-0.2, -0.15) is 12.6 Å². The van der Waals surface area contributed by atoms with Crippen LogP contribution in [-0.2, 0) is 4.79 Å². The molecule has 1 amide bonds. The van der Waals surface area contributed by atoms with Crippen LogP contribution in [0.1, 0.15) is 33.6 Å². The molecule has 0 aromatic heterocycles. The highest BCUT2D eigenvalue weighted by molar-refractivity contribution is 7.81. The Morgan fingerprint density at radius 2 is 2.00 bits per heavy atom. The fourth-order valence-electron chi connectivity index (χ4n) is 1.27. The fraction of sp³-hybridized carbons (Fsp3) is 0.909. The number of hydrogen-bond acceptors (Lipinski definition) is 3. The van der Waals surface area contributed by atoms with Crippen LogP contribution in [0.25, 0.3) is 0 Å². The summed E-state index contributed by atoms with van der Waals surface area (Å²) in [5.41, 5.74) is 0. The Hall–Kier alpha value is -0.220. The van der Waals surface area contributed by atoms with E-state index in [-0.39, 0.29) is 23.7 Å². The Balaban J connectivity index is 4.26. The number of carbonyl (C=O) groups is 1. The van der Waals surface area contributed by atoms with Gasteiger partial charge in [-0.05, 0) is 12.3 Å². The van der Waals surface area contributed by atoms with Crippen LogP contribution in [0.15, 0.2) is 0 Å². The lowest BCUT2D eigenvalue weighted by molar-refractivity contribution is -0.131. The highest BCUT2D eigenvalue weighted by atomic mass is 32.1. The van der Waals surface area contributed by atoms with Crippen LogP contribution in [0.5, 0.6) is 0 Å². The molecule has 0 saturated heterocycles. The van der Waals surface area contributed by atoms with Crippen LogP contribution in [0.2, 0.25) is 0 Å². The lowest BCUT2D eigenvalue weighted by atomic mass is 10.1. The van der Waals surface area contributed by atoms with Crippen molar-refractivity contribution < 1.29 is 9.90 Å². The molecule has 0 aliphatic carbocycles. The van der Waals surface area contributed by atoms with Crippen molar-refractivity contribution in [1.29, 1.82) is 0 Å². The zero-order valence-electron chi connectivity index (χ0n) is 9.94. The summed E-state index contributed by atoms with van der Waals surface area (Å²) >= 11 is 4.30. The second-order valence-electron chi connectivity index (χ2n) is 4.09. The van der Waals surface area contributed by atoms with Crippen LogP contribution in [0, 0.1) is 5.92 Å². The van der Waals surface area contributed by atoms with E-state index in [2.05, 4.69) is 19.6 Å². The van der Waals surface area contributed by atoms with E-state index in [4.69, 9.17) is 5.11 Å². The molecule has 0 bridgehead atoms. The number of aliphatic hydroxyl groups is 1. The van der Waals surface area contributed by atoms with Crippen molar-refractivity contribution in [2.45, 2.75) is 38.9 Å². The molecule has 0 saturated carbocycles. The molecule has 0 rings (SSSR count). The Morgan fingerprint density at radius 1 is 1.40 bits per heavy atom. The standard InChI is InChI=1S/C11H23NO2S/c1-4-5-6-12(7-8-13)11(14)10(15)9(2)3/h9-10,13,15H,4-8H2,1-3H3. The third-order valence-corrected chi connectivity index (χ3v) is 3.16. The van der Waals surface area contributed by atoms with E-state index in [9.17, 15) is 4.79 Å². The Bertz CT molecular complexity index is 185. The van der Waals surface area contributed by atoms with Crippen molar-refractivity contribution >= 4 is 18.5 Å². The van der Waals surface area contributed by atoms with Crippen LogP contribution in [0.4, 0.5) is 0 Å². The van der Waals surface area contributed by atoms with Gasteiger partial charge in [-0.25, -0.2) is 0 Å². The number of nitrogens with zero attached hydrogens (tertiary/aromatic N) is 1. The summed E-state index contributed by atoms with van der Waals surface area (Å²) in [5.74, 6) is 0.263. The van der Waals surface area contributed by atoms with Gasteiger partial charge in [0, 0.05) is 13.1 Å². The summed E-state index contributed by atoms with van der Waals surface area (Å²) in [7, 11) is 0. The summed E-state index contributed by atoms with van der Waals surface area (Å²) < 4.78 is 0. The van der Waals surface area contributed by atoms with Gasteiger partial charge < -0.3 is 10.0 Å². The highest BCUT2D eigenvalue weighted by Gasteiger charge is 2.22. The molecule has 0 spiro atoms. The second kappa shape index (κ2) is 7.99. The smallest absolute Gasteiger partial charge is 0.235 e. The Morgan fingerprint density at radius 3 is 2.40 bits per heavy atom. The molecule has 0 aliphatic heterocycles. The molecule has 1 atom stereocenters. The number of rotatable bonds is 7. The zero-order valence-corrected chi connectivity index (χ0v) is 10.8. The molecule has 0 fully saturated rings. The van der Waals surface area contributed by atoms with E-state index < -0.39 is 0 Å². The molecule has 0 heterocycles. The average molecular weight is 233 g/mol. The molecule has 0 aromatic carbocycles. The lowest BCUT2D eigenvalue weighted by Gasteiger charge is -2.26. The van der Waals surface area contributed by atoms with Crippen molar-refractivity contribution in [3.63, 3.8) is 0 Å². The normalized spacial score (nSPS) is 12.9. The fourth-order valence-corrected chi connectivity index (χ4v) is 1.44.